The molecule has 2 aliphatic rings. The van der Waals surface area contributed by atoms with E-state index in [0.29, 0.717) is 15.4 Å². The number of carbonyl (C=O) groups excluding carboxylic acids is 3. The van der Waals surface area contributed by atoms with Crippen LogP contribution in [-0.4, -0.2) is 29.3 Å². The molecule has 1 aliphatic heterocycles. The molecular formula is C15H17Br2NO4. The molecule has 0 aromatic heterocycles. The predicted octanol–water partition coefficient (Wildman–Crippen LogP) is 2.88. The highest BCUT2D eigenvalue weighted by Crippen LogP contribution is 2.38. The molecule has 1 unspecified atom stereocenters. The zero-order chi connectivity index (χ0) is 16.3. The maximum absolute atomic E-state index is 12.0. The molecule has 1 fully saturated rings. The SMILES string of the molecule is CCCCCC(=O)NC1CC2(C=C(Br)C(=O)C(Br)=C2)OC1=O. The molecule has 22 heavy (non-hydrogen) atoms. The molecule has 7 heteroatoms. The number of hydrogen-bond acceptors (Lipinski definition) is 4. The van der Waals surface area contributed by atoms with Crippen LogP contribution in [0.15, 0.2) is 21.1 Å². The molecule has 0 bridgehead atoms. The Morgan fingerprint density at radius 3 is 2.55 bits per heavy atom. The van der Waals surface area contributed by atoms with Crippen molar-refractivity contribution >= 4 is 49.5 Å². The molecule has 1 spiro atoms. The van der Waals surface area contributed by atoms with Gasteiger partial charge >= 0.3 is 5.97 Å². The van der Waals surface area contributed by atoms with E-state index < -0.39 is 17.6 Å². The molecule has 1 N–H and O–H groups in total. The molecule has 1 saturated heterocycles. The molecule has 1 amide bonds. The minimum absolute atomic E-state index is 0.148. The van der Waals surface area contributed by atoms with Gasteiger partial charge in [0.15, 0.2) is 5.60 Å². The van der Waals surface area contributed by atoms with Crippen molar-refractivity contribution < 1.29 is 19.1 Å². The van der Waals surface area contributed by atoms with Gasteiger partial charge in [0.2, 0.25) is 11.7 Å². The van der Waals surface area contributed by atoms with E-state index in [1.165, 1.54) is 0 Å². The Hall–Kier alpha value is -0.950. The number of carbonyl (C=O) groups is 3. The lowest BCUT2D eigenvalue weighted by atomic mass is 9.92. The number of Topliss-reactive ketones (excluding diaryl/α,β-unsaturated/α-hetero) is 1. The first-order valence-electron chi connectivity index (χ1n) is 7.20. The summed E-state index contributed by atoms with van der Waals surface area (Å²) in [7, 11) is 0. The van der Waals surface area contributed by atoms with Gasteiger partial charge in [-0.25, -0.2) is 4.79 Å². The van der Waals surface area contributed by atoms with Crippen LogP contribution in [0.2, 0.25) is 0 Å². The molecule has 5 nitrogen and oxygen atoms in total. The van der Waals surface area contributed by atoms with Gasteiger partial charge in [0, 0.05) is 12.8 Å². The van der Waals surface area contributed by atoms with Crippen LogP contribution in [0.25, 0.3) is 0 Å². The third-order valence-electron chi connectivity index (χ3n) is 3.62. The zero-order valence-corrected chi connectivity index (χ0v) is 15.3. The van der Waals surface area contributed by atoms with Crippen molar-refractivity contribution in [3.05, 3.63) is 21.1 Å². The van der Waals surface area contributed by atoms with Gasteiger partial charge in [-0.05, 0) is 50.4 Å². The highest BCUT2D eigenvalue weighted by atomic mass is 79.9. The molecule has 0 aromatic rings. The number of allylic oxidation sites excluding steroid dienone is 2. The van der Waals surface area contributed by atoms with E-state index in [2.05, 4.69) is 44.1 Å². The van der Waals surface area contributed by atoms with Gasteiger partial charge in [-0.15, -0.1) is 0 Å². The number of ketones is 1. The van der Waals surface area contributed by atoms with Gasteiger partial charge in [0.25, 0.3) is 0 Å². The number of nitrogens with one attached hydrogen (secondary N) is 1. The minimum atomic E-state index is -0.982. The Labute approximate surface area is 145 Å². The quantitative estimate of drug-likeness (QED) is 0.533. The fourth-order valence-corrected chi connectivity index (χ4v) is 3.98. The third-order valence-corrected chi connectivity index (χ3v) is 4.79. The molecular weight excluding hydrogens is 418 g/mol. The predicted molar refractivity (Wildman–Crippen MR) is 88.5 cm³/mol. The molecule has 120 valence electrons. The van der Waals surface area contributed by atoms with Gasteiger partial charge in [0.05, 0.1) is 8.96 Å². The summed E-state index contributed by atoms with van der Waals surface area (Å²) in [6, 6.07) is -0.685. The van der Waals surface area contributed by atoms with Crippen molar-refractivity contribution in [1.29, 1.82) is 0 Å². The number of ether oxygens (including phenoxy) is 1. The van der Waals surface area contributed by atoms with Crippen LogP contribution in [0.5, 0.6) is 0 Å². The van der Waals surface area contributed by atoms with Crippen molar-refractivity contribution in [1.82, 2.24) is 5.32 Å². The Balaban J connectivity index is 2.02. The number of halogens is 2. The number of amides is 1. The lowest BCUT2D eigenvalue weighted by molar-refractivity contribution is -0.145. The van der Waals surface area contributed by atoms with E-state index in [9.17, 15) is 14.4 Å². The number of rotatable bonds is 5. The summed E-state index contributed by atoms with van der Waals surface area (Å²) < 4.78 is 6.07. The van der Waals surface area contributed by atoms with Gasteiger partial charge in [-0.3, -0.25) is 9.59 Å². The Morgan fingerprint density at radius 1 is 1.32 bits per heavy atom. The average molecular weight is 435 g/mol. The van der Waals surface area contributed by atoms with Crippen LogP contribution < -0.4 is 5.32 Å². The maximum Gasteiger partial charge on any atom is 0.330 e. The number of hydrogen-bond donors (Lipinski definition) is 1. The van der Waals surface area contributed by atoms with Crippen LogP contribution >= 0.6 is 31.9 Å². The van der Waals surface area contributed by atoms with Crippen LogP contribution in [-0.2, 0) is 19.1 Å². The van der Waals surface area contributed by atoms with E-state index in [1.54, 1.807) is 12.2 Å². The minimum Gasteiger partial charge on any atom is -0.449 e. The summed E-state index contributed by atoms with van der Waals surface area (Å²) in [5.74, 6) is -0.828. The fraction of sp³-hybridized carbons (Fsp3) is 0.533. The first-order valence-corrected chi connectivity index (χ1v) is 8.79. The molecule has 1 aliphatic carbocycles. The molecule has 0 radical (unpaired) electrons. The summed E-state index contributed by atoms with van der Waals surface area (Å²) in [6.45, 7) is 2.06. The van der Waals surface area contributed by atoms with E-state index in [4.69, 9.17) is 4.74 Å². The molecule has 0 saturated carbocycles. The van der Waals surface area contributed by atoms with E-state index >= 15 is 0 Å². The van der Waals surface area contributed by atoms with Gasteiger partial charge < -0.3 is 10.1 Å². The lowest BCUT2D eigenvalue weighted by Crippen LogP contribution is -2.38. The Kier molecular flexibility index (Phi) is 5.60. The van der Waals surface area contributed by atoms with Crippen molar-refractivity contribution in [2.24, 2.45) is 0 Å². The maximum atomic E-state index is 12.0. The van der Waals surface area contributed by atoms with Crippen LogP contribution in [0.3, 0.4) is 0 Å². The molecule has 2 rings (SSSR count). The summed E-state index contributed by atoms with van der Waals surface area (Å²) in [4.78, 5) is 35.6. The van der Waals surface area contributed by atoms with Crippen molar-refractivity contribution in [2.45, 2.75) is 50.7 Å². The second kappa shape index (κ2) is 7.08. The highest BCUT2D eigenvalue weighted by Gasteiger charge is 2.47. The summed E-state index contributed by atoms with van der Waals surface area (Å²) in [5.41, 5.74) is -0.982. The largest absolute Gasteiger partial charge is 0.449 e. The number of esters is 1. The van der Waals surface area contributed by atoms with Gasteiger partial charge in [-0.2, -0.15) is 0 Å². The van der Waals surface area contributed by atoms with Crippen LogP contribution in [0, 0.1) is 0 Å². The molecule has 1 heterocycles. The van der Waals surface area contributed by atoms with Crippen molar-refractivity contribution in [3.63, 3.8) is 0 Å². The summed E-state index contributed by atoms with van der Waals surface area (Å²) in [5, 5.41) is 2.71. The Morgan fingerprint density at radius 2 is 1.95 bits per heavy atom. The standard InChI is InChI=1S/C15H17Br2NO4/c1-2-3-4-5-12(19)18-11-8-15(22-14(11)21)6-9(16)13(20)10(17)7-15/h6-7,11H,2-5,8H2,1H3,(H,18,19). The summed E-state index contributed by atoms with van der Waals surface area (Å²) >= 11 is 6.35. The van der Waals surface area contributed by atoms with Crippen LogP contribution in [0.1, 0.15) is 39.0 Å². The van der Waals surface area contributed by atoms with Crippen LogP contribution in [0.4, 0.5) is 0 Å². The fourth-order valence-electron chi connectivity index (χ4n) is 2.51. The third kappa shape index (κ3) is 3.87. The van der Waals surface area contributed by atoms with Gasteiger partial charge in [0.1, 0.15) is 6.04 Å². The molecule has 1 atom stereocenters. The number of unbranched alkanes of at least 4 members (excludes halogenated alkanes) is 2. The highest BCUT2D eigenvalue weighted by molar-refractivity contribution is 9.13. The van der Waals surface area contributed by atoms with E-state index in [1.807, 2.05) is 0 Å². The van der Waals surface area contributed by atoms with Gasteiger partial charge in [-0.1, -0.05) is 19.8 Å². The first-order chi connectivity index (χ1) is 10.4. The topological polar surface area (TPSA) is 72.5 Å². The molecule has 0 aromatic carbocycles. The second-order valence-electron chi connectivity index (χ2n) is 5.47. The van der Waals surface area contributed by atoms with Crippen molar-refractivity contribution in [3.8, 4) is 0 Å². The summed E-state index contributed by atoms with van der Waals surface area (Å²) in [6.07, 6.45) is 6.65. The second-order valence-corrected chi connectivity index (χ2v) is 7.18. The average Bonchev–Trinajstić information content (AvgIpc) is 2.72. The van der Waals surface area contributed by atoms with E-state index in [0.717, 1.165) is 19.3 Å². The monoisotopic (exact) mass is 433 g/mol. The first kappa shape index (κ1) is 17.4. The Bertz CT molecular complexity index is 546. The lowest BCUT2D eigenvalue weighted by Gasteiger charge is -2.24. The normalized spacial score (nSPS) is 23.1. The zero-order valence-electron chi connectivity index (χ0n) is 12.2. The van der Waals surface area contributed by atoms with Crippen molar-refractivity contribution in [2.75, 3.05) is 0 Å². The smallest absolute Gasteiger partial charge is 0.330 e. The van der Waals surface area contributed by atoms with E-state index in [-0.39, 0.29) is 18.1 Å².